The summed E-state index contributed by atoms with van der Waals surface area (Å²) in [5.74, 6) is 1.48. The van der Waals surface area contributed by atoms with Crippen molar-refractivity contribution in [1.82, 2.24) is 0 Å². The van der Waals surface area contributed by atoms with E-state index in [-0.39, 0.29) is 6.29 Å². The predicted octanol–water partition coefficient (Wildman–Crippen LogP) is 1.80. The number of rotatable bonds is 0. The molecule has 2 saturated heterocycles. The van der Waals surface area contributed by atoms with E-state index in [2.05, 4.69) is 6.92 Å². The minimum Gasteiger partial charge on any atom is -0.352 e. The van der Waals surface area contributed by atoms with Crippen molar-refractivity contribution in [2.75, 3.05) is 13.2 Å². The number of hydrogen-bond acceptors (Lipinski definition) is 2. The molecular formula is C9H16O2. The van der Waals surface area contributed by atoms with Crippen molar-refractivity contribution in [3.63, 3.8) is 0 Å². The number of fused-ring (bicyclic) bond motifs is 1. The van der Waals surface area contributed by atoms with E-state index in [1.807, 2.05) is 0 Å². The second-order valence-electron chi connectivity index (χ2n) is 3.68. The molecule has 2 heterocycles. The average molecular weight is 156 g/mol. The first-order valence-corrected chi connectivity index (χ1v) is 4.61. The maximum Gasteiger partial charge on any atom is 0.160 e. The van der Waals surface area contributed by atoms with Crippen LogP contribution in [0.1, 0.15) is 26.2 Å². The van der Waals surface area contributed by atoms with E-state index in [0.29, 0.717) is 5.92 Å². The number of hydrogen-bond donors (Lipinski definition) is 0. The molecule has 2 rings (SSSR count). The molecule has 0 amide bonds. The maximum absolute atomic E-state index is 5.53. The van der Waals surface area contributed by atoms with Crippen LogP contribution in [-0.2, 0) is 9.47 Å². The van der Waals surface area contributed by atoms with Crippen LogP contribution in [0, 0.1) is 11.8 Å². The summed E-state index contributed by atoms with van der Waals surface area (Å²) in [5, 5.41) is 0. The Labute approximate surface area is 67.9 Å². The summed E-state index contributed by atoms with van der Waals surface area (Å²) in [6.45, 7) is 4.10. The van der Waals surface area contributed by atoms with Crippen LogP contribution < -0.4 is 0 Å². The molecule has 0 bridgehead atoms. The Bertz CT molecular complexity index is 134. The molecule has 3 atom stereocenters. The summed E-state index contributed by atoms with van der Waals surface area (Å²) in [4.78, 5) is 0. The van der Waals surface area contributed by atoms with Crippen molar-refractivity contribution in [2.45, 2.75) is 32.5 Å². The zero-order chi connectivity index (χ0) is 7.68. The summed E-state index contributed by atoms with van der Waals surface area (Å²) in [7, 11) is 0. The standard InChI is InChI=1S/C9H16O2/c1-7-4-6-11-9-8(7)3-2-5-10-9/h7-9H,2-6H2,1H3. The third-order valence-electron chi connectivity index (χ3n) is 2.90. The Morgan fingerprint density at radius 3 is 2.73 bits per heavy atom. The lowest BCUT2D eigenvalue weighted by Crippen LogP contribution is -2.40. The van der Waals surface area contributed by atoms with Gasteiger partial charge in [-0.05, 0) is 25.2 Å². The van der Waals surface area contributed by atoms with Gasteiger partial charge in [-0.1, -0.05) is 6.92 Å². The SMILES string of the molecule is CC1CCOC2OCCCC12. The predicted molar refractivity (Wildman–Crippen MR) is 42.2 cm³/mol. The topological polar surface area (TPSA) is 18.5 Å². The fourth-order valence-corrected chi connectivity index (χ4v) is 2.09. The Kier molecular flexibility index (Phi) is 2.14. The molecular weight excluding hydrogens is 140 g/mol. The van der Waals surface area contributed by atoms with Gasteiger partial charge >= 0.3 is 0 Å². The molecule has 0 saturated carbocycles. The molecule has 2 heteroatoms. The molecule has 2 aliphatic heterocycles. The minimum absolute atomic E-state index is 0.132. The second-order valence-corrected chi connectivity index (χ2v) is 3.68. The van der Waals surface area contributed by atoms with E-state index in [4.69, 9.17) is 9.47 Å². The molecule has 0 spiro atoms. The van der Waals surface area contributed by atoms with Crippen LogP contribution in [0.4, 0.5) is 0 Å². The summed E-state index contributed by atoms with van der Waals surface area (Å²) in [6.07, 6.45) is 3.86. The van der Waals surface area contributed by atoms with Gasteiger partial charge in [0.1, 0.15) is 0 Å². The van der Waals surface area contributed by atoms with E-state index in [0.717, 1.165) is 19.1 Å². The summed E-state index contributed by atoms with van der Waals surface area (Å²) in [6, 6.07) is 0. The van der Waals surface area contributed by atoms with Gasteiger partial charge in [-0.2, -0.15) is 0 Å². The van der Waals surface area contributed by atoms with Gasteiger partial charge in [0.05, 0.1) is 6.61 Å². The van der Waals surface area contributed by atoms with Crippen LogP contribution in [-0.4, -0.2) is 19.5 Å². The molecule has 2 aliphatic rings. The van der Waals surface area contributed by atoms with Crippen molar-refractivity contribution in [1.29, 1.82) is 0 Å². The fraction of sp³-hybridized carbons (Fsp3) is 1.00. The first-order chi connectivity index (χ1) is 5.38. The minimum atomic E-state index is 0.132. The van der Waals surface area contributed by atoms with Gasteiger partial charge in [0.15, 0.2) is 6.29 Å². The lowest BCUT2D eigenvalue weighted by Gasteiger charge is -2.39. The van der Waals surface area contributed by atoms with Crippen LogP contribution in [0.2, 0.25) is 0 Å². The molecule has 0 N–H and O–H groups in total. The molecule has 0 aliphatic carbocycles. The van der Waals surface area contributed by atoms with Crippen LogP contribution in [0.15, 0.2) is 0 Å². The van der Waals surface area contributed by atoms with Gasteiger partial charge in [-0.25, -0.2) is 0 Å². The molecule has 64 valence electrons. The van der Waals surface area contributed by atoms with E-state index in [9.17, 15) is 0 Å². The summed E-state index contributed by atoms with van der Waals surface area (Å²) in [5.41, 5.74) is 0. The quantitative estimate of drug-likeness (QED) is 0.532. The van der Waals surface area contributed by atoms with E-state index >= 15 is 0 Å². The van der Waals surface area contributed by atoms with Gasteiger partial charge in [0.2, 0.25) is 0 Å². The van der Waals surface area contributed by atoms with Crippen LogP contribution >= 0.6 is 0 Å². The van der Waals surface area contributed by atoms with E-state index in [1.54, 1.807) is 0 Å². The van der Waals surface area contributed by atoms with Crippen LogP contribution in [0.3, 0.4) is 0 Å². The summed E-state index contributed by atoms with van der Waals surface area (Å²) >= 11 is 0. The molecule has 0 aromatic rings. The molecule has 2 fully saturated rings. The second kappa shape index (κ2) is 3.11. The molecule has 0 radical (unpaired) electrons. The Hall–Kier alpha value is -0.0800. The van der Waals surface area contributed by atoms with Gasteiger partial charge in [0, 0.05) is 12.5 Å². The maximum atomic E-state index is 5.53. The first-order valence-electron chi connectivity index (χ1n) is 4.61. The first kappa shape index (κ1) is 7.56. The Morgan fingerprint density at radius 1 is 1.09 bits per heavy atom. The van der Waals surface area contributed by atoms with E-state index in [1.165, 1.54) is 19.3 Å². The van der Waals surface area contributed by atoms with Crippen molar-refractivity contribution in [3.8, 4) is 0 Å². The highest BCUT2D eigenvalue weighted by Crippen LogP contribution is 2.33. The number of ether oxygens (including phenoxy) is 2. The zero-order valence-electron chi connectivity index (χ0n) is 7.08. The molecule has 11 heavy (non-hydrogen) atoms. The third kappa shape index (κ3) is 1.42. The highest BCUT2D eigenvalue weighted by atomic mass is 16.7. The summed E-state index contributed by atoms with van der Waals surface area (Å²) < 4.78 is 11.1. The highest BCUT2D eigenvalue weighted by Gasteiger charge is 2.34. The van der Waals surface area contributed by atoms with Crippen molar-refractivity contribution in [3.05, 3.63) is 0 Å². The third-order valence-corrected chi connectivity index (χ3v) is 2.90. The molecule has 2 nitrogen and oxygen atoms in total. The lowest BCUT2D eigenvalue weighted by atomic mass is 9.84. The van der Waals surface area contributed by atoms with Crippen molar-refractivity contribution < 1.29 is 9.47 Å². The van der Waals surface area contributed by atoms with E-state index < -0.39 is 0 Å². The molecule has 3 unspecified atom stereocenters. The molecule has 0 aromatic heterocycles. The lowest BCUT2D eigenvalue weighted by molar-refractivity contribution is -0.225. The van der Waals surface area contributed by atoms with Gasteiger partial charge in [-0.15, -0.1) is 0 Å². The zero-order valence-corrected chi connectivity index (χ0v) is 7.08. The van der Waals surface area contributed by atoms with Crippen LogP contribution in [0.25, 0.3) is 0 Å². The normalized spacial score (nSPS) is 45.0. The monoisotopic (exact) mass is 156 g/mol. The van der Waals surface area contributed by atoms with Gasteiger partial charge < -0.3 is 9.47 Å². The fourth-order valence-electron chi connectivity index (χ4n) is 2.09. The molecule has 0 aromatic carbocycles. The van der Waals surface area contributed by atoms with Crippen LogP contribution in [0.5, 0.6) is 0 Å². The largest absolute Gasteiger partial charge is 0.352 e. The van der Waals surface area contributed by atoms with Crippen molar-refractivity contribution in [2.24, 2.45) is 11.8 Å². The van der Waals surface area contributed by atoms with Crippen molar-refractivity contribution >= 4 is 0 Å². The Morgan fingerprint density at radius 2 is 1.91 bits per heavy atom. The smallest absolute Gasteiger partial charge is 0.160 e. The van der Waals surface area contributed by atoms with Gasteiger partial charge in [-0.3, -0.25) is 0 Å². The highest BCUT2D eigenvalue weighted by molar-refractivity contribution is 4.76. The Balaban J connectivity index is 1.99. The van der Waals surface area contributed by atoms with Gasteiger partial charge in [0.25, 0.3) is 0 Å². The average Bonchev–Trinajstić information content (AvgIpc) is 2.06.